The Morgan fingerprint density at radius 1 is 1.21 bits per heavy atom. The second-order valence-corrected chi connectivity index (χ2v) is 8.45. The number of carbonyl (C=O) groups excluding carboxylic acids is 1. The standard InChI is InChI=1S/C11H21ClN2O4S/c1-11(2,3)18-10(15)14-6-4-13(5-7-14)8-9-19(12,16)17/h4-9H2,1-3H3. The molecule has 1 saturated heterocycles. The molecule has 1 fully saturated rings. The van der Waals surface area contributed by atoms with Crippen molar-refractivity contribution in [1.82, 2.24) is 9.80 Å². The lowest BCUT2D eigenvalue weighted by molar-refractivity contribution is 0.0150. The van der Waals surface area contributed by atoms with Crippen LogP contribution >= 0.6 is 10.7 Å². The summed E-state index contributed by atoms with van der Waals surface area (Å²) < 4.78 is 27.0. The zero-order valence-electron chi connectivity index (χ0n) is 11.6. The third-order valence-corrected chi connectivity index (χ3v) is 3.81. The number of rotatable bonds is 3. The van der Waals surface area contributed by atoms with E-state index in [1.807, 2.05) is 25.7 Å². The van der Waals surface area contributed by atoms with Crippen LogP contribution in [0.15, 0.2) is 0 Å². The number of halogens is 1. The highest BCUT2D eigenvalue weighted by molar-refractivity contribution is 8.13. The van der Waals surface area contributed by atoms with Gasteiger partial charge >= 0.3 is 6.09 Å². The van der Waals surface area contributed by atoms with E-state index in [9.17, 15) is 13.2 Å². The van der Waals surface area contributed by atoms with E-state index >= 15 is 0 Å². The van der Waals surface area contributed by atoms with Crippen LogP contribution in [0.25, 0.3) is 0 Å². The van der Waals surface area contributed by atoms with E-state index in [1.54, 1.807) is 4.90 Å². The number of amides is 1. The molecule has 19 heavy (non-hydrogen) atoms. The number of hydrogen-bond acceptors (Lipinski definition) is 5. The Morgan fingerprint density at radius 2 is 1.74 bits per heavy atom. The lowest BCUT2D eigenvalue weighted by Crippen LogP contribution is -2.50. The monoisotopic (exact) mass is 312 g/mol. The fraction of sp³-hybridized carbons (Fsp3) is 0.909. The molecule has 0 bridgehead atoms. The van der Waals surface area contributed by atoms with Crippen molar-refractivity contribution in [2.24, 2.45) is 0 Å². The van der Waals surface area contributed by atoms with Gasteiger partial charge in [-0.1, -0.05) is 0 Å². The molecular weight excluding hydrogens is 292 g/mol. The van der Waals surface area contributed by atoms with Gasteiger partial charge in [-0.2, -0.15) is 0 Å². The predicted octanol–water partition coefficient (Wildman–Crippen LogP) is 1.11. The van der Waals surface area contributed by atoms with Crippen molar-refractivity contribution >= 4 is 25.8 Å². The van der Waals surface area contributed by atoms with Gasteiger partial charge in [-0.3, -0.25) is 4.90 Å². The largest absolute Gasteiger partial charge is 0.444 e. The summed E-state index contributed by atoms with van der Waals surface area (Å²) in [7, 11) is 1.71. The minimum Gasteiger partial charge on any atom is -0.444 e. The van der Waals surface area contributed by atoms with Crippen LogP contribution in [0.3, 0.4) is 0 Å². The molecule has 6 nitrogen and oxygen atoms in total. The summed E-state index contributed by atoms with van der Waals surface area (Å²) in [6.45, 7) is 8.21. The zero-order valence-corrected chi connectivity index (χ0v) is 13.1. The summed E-state index contributed by atoms with van der Waals surface area (Å²) >= 11 is 0. The first kappa shape index (κ1) is 16.5. The summed E-state index contributed by atoms with van der Waals surface area (Å²) in [6, 6.07) is 0. The van der Waals surface area contributed by atoms with Crippen LogP contribution in [0.1, 0.15) is 20.8 Å². The molecule has 0 aromatic heterocycles. The molecular formula is C11H21ClN2O4S. The van der Waals surface area contributed by atoms with E-state index in [2.05, 4.69) is 0 Å². The normalized spacial score (nSPS) is 18.4. The molecule has 0 aliphatic carbocycles. The van der Waals surface area contributed by atoms with Crippen LogP contribution in [-0.2, 0) is 13.8 Å². The summed E-state index contributed by atoms with van der Waals surface area (Å²) in [6.07, 6.45) is -0.322. The van der Waals surface area contributed by atoms with Gasteiger partial charge in [-0.25, -0.2) is 13.2 Å². The minimum absolute atomic E-state index is 0.0685. The molecule has 8 heteroatoms. The number of ether oxygens (including phenoxy) is 1. The predicted molar refractivity (Wildman–Crippen MR) is 73.9 cm³/mol. The molecule has 1 aliphatic rings. The molecule has 1 heterocycles. The molecule has 0 radical (unpaired) electrons. The molecule has 0 spiro atoms. The van der Waals surface area contributed by atoms with Gasteiger partial charge < -0.3 is 9.64 Å². The zero-order chi connectivity index (χ0) is 14.7. The molecule has 0 atom stereocenters. The molecule has 1 aliphatic heterocycles. The van der Waals surface area contributed by atoms with Crippen molar-refractivity contribution < 1.29 is 17.9 Å². The summed E-state index contributed by atoms with van der Waals surface area (Å²) in [5, 5.41) is 0. The van der Waals surface area contributed by atoms with Crippen LogP contribution in [0, 0.1) is 0 Å². The Balaban J connectivity index is 2.35. The van der Waals surface area contributed by atoms with Gasteiger partial charge in [-0.05, 0) is 20.8 Å². The fourth-order valence-corrected chi connectivity index (χ4v) is 2.40. The maximum Gasteiger partial charge on any atom is 0.410 e. The molecule has 1 amide bonds. The molecule has 112 valence electrons. The van der Waals surface area contributed by atoms with Crippen LogP contribution in [-0.4, -0.2) is 68.4 Å². The van der Waals surface area contributed by atoms with E-state index in [0.29, 0.717) is 32.7 Å². The number of nitrogens with zero attached hydrogens (tertiary/aromatic N) is 2. The highest BCUT2D eigenvalue weighted by atomic mass is 35.7. The highest BCUT2D eigenvalue weighted by Gasteiger charge is 2.26. The third-order valence-electron chi connectivity index (χ3n) is 2.68. The fourth-order valence-electron chi connectivity index (χ4n) is 1.72. The Kier molecular flexibility index (Phi) is 5.46. The summed E-state index contributed by atoms with van der Waals surface area (Å²) in [5.41, 5.74) is -0.499. The van der Waals surface area contributed by atoms with Crippen LogP contribution in [0.2, 0.25) is 0 Å². The molecule has 0 N–H and O–H groups in total. The topological polar surface area (TPSA) is 66.9 Å². The summed E-state index contributed by atoms with van der Waals surface area (Å²) in [5.74, 6) is -0.0685. The Labute approximate surface area is 119 Å². The van der Waals surface area contributed by atoms with Crippen molar-refractivity contribution in [1.29, 1.82) is 0 Å². The Morgan fingerprint density at radius 3 is 2.16 bits per heavy atom. The van der Waals surface area contributed by atoms with E-state index in [0.717, 1.165) is 0 Å². The minimum atomic E-state index is -3.45. The third kappa shape index (κ3) is 6.98. The van der Waals surface area contributed by atoms with Crippen molar-refractivity contribution in [2.45, 2.75) is 26.4 Å². The molecule has 0 aromatic rings. The number of piperazine rings is 1. The smallest absolute Gasteiger partial charge is 0.410 e. The van der Waals surface area contributed by atoms with Crippen molar-refractivity contribution in [2.75, 3.05) is 38.5 Å². The highest BCUT2D eigenvalue weighted by Crippen LogP contribution is 2.12. The van der Waals surface area contributed by atoms with Crippen molar-refractivity contribution in [3.63, 3.8) is 0 Å². The van der Waals surface area contributed by atoms with E-state index in [1.165, 1.54) is 0 Å². The van der Waals surface area contributed by atoms with Gasteiger partial charge in [0.05, 0.1) is 5.75 Å². The first-order chi connectivity index (χ1) is 8.57. The molecule has 0 aromatic carbocycles. The van der Waals surface area contributed by atoms with Gasteiger partial charge in [0.15, 0.2) is 0 Å². The first-order valence-corrected chi connectivity index (χ1v) is 8.67. The maximum atomic E-state index is 11.8. The van der Waals surface area contributed by atoms with E-state index in [-0.39, 0.29) is 11.8 Å². The number of carbonyl (C=O) groups is 1. The SMILES string of the molecule is CC(C)(C)OC(=O)N1CCN(CCS(=O)(=O)Cl)CC1. The average molecular weight is 313 g/mol. The van der Waals surface area contributed by atoms with Gasteiger partial charge in [0.25, 0.3) is 0 Å². The average Bonchev–Trinajstić information content (AvgIpc) is 2.23. The van der Waals surface area contributed by atoms with Gasteiger partial charge in [-0.15, -0.1) is 0 Å². The Bertz CT molecular complexity index is 411. The lowest BCUT2D eigenvalue weighted by atomic mass is 10.2. The van der Waals surface area contributed by atoms with Crippen LogP contribution in [0.5, 0.6) is 0 Å². The van der Waals surface area contributed by atoms with Crippen LogP contribution in [0.4, 0.5) is 4.79 Å². The maximum absolute atomic E-state index is 11.8. The second-order valence-electron chi connectivity index (χ2n) is 5.55. The van der Waals surface area contributed by atoms with Gasteiger partial charge in [0, 0.05) is 43.4 Å². The van der Waals surface area contributed by atoms with Crippen molar-refractivity contribution in [3.8, 4) is 0 Å². The molecule has 0 saturated carbocycles. The number of hydrogen-bond donors (Lipinski definition) is 0. The van der Waals surface area contributed by atoms with Crippen LogP contribution < -0.4 is 0 Å². The van der Waals surface area contributed by atoms with Gasteiger partial charge in [0.1, 0.15) is 5.60 Å². The van der Waals surface area contributed by atoms with Gasteiger partial charge in [0.2, 0.25) is 9.05 Å². The summed E-state index contributed by atoms with van der Waals surface area (Å²) in [4.78, 5) is 15.4. The van der Waals surface area contributed by atoms with Crippen molar-refractivity contribution in [3.05, 3.63) is 0 Å². The quantitative estimate of drug-likeness (QED) is 0.730. The molecule has 1 rings (SSSR count). The first-order valence-electron chi connectivity index (χ1n) is 6.19. The second kappa shape index (κ2) is 6.28. The van der Waals surface area contributed by atoms with E-state index < -0.39 is 14.7 Å². The Hall–Kier alpha value is -0.530. The van der Waals surface area contributed by atoms with E-state index in [4.69, 9.17) is 15.4 Å². The molecule has 0 unspecified atom stereocenters. The lowest BCUT2D eigenvalue weighted by Gasteiger charge is -2.35.